The Morgan fingerprint density at radius 2 is 0.844 bits per heavy atom. The van der Waals surface area contributed by atoms with Gasteiger partial charge in [0.05, 0.1) is 13.2 Å². The second kappa shape index (κ2) is 36.4. The van der Waals surface area contributed by atoms with Gasteiger partial charge in [-0.3, -0.25) is 0 Å². The van der Waals surface area contributed by atoms with Gasteiger partial charge in [-0.05, 0) is 76.0 Å². The summed E-state index contributed by atoms with van der Waals surface area (Å²) in [5, 5.41) is 0. The largest absolute Gasteiger partial charge is 0.377 e. The van der Waals surface area contributed by atoms with Crippen LogP contribution in [-0.4, -0.2) is 43.6 Å². The van der Waals surface area contributed by atoms with Crippen LogP contribution in [0.25, 0.3) is 0 Å². The molecule has 0 aromatic rings. The predicted octanol–water partition coefficient (Wildman–Crippen LogP) is 12.8. The van der Waals surface area contributed by atoms with Crippen molar-refractivity contribution >= 4 is 11.8 Å². The summed E-state index contributed by atoms with van der Waals surface area (Å²) < 4.78 is 13.6. The fourth-order valence-corrected chi connectivity index (χ4v) is 6.03. The first-order valence-corrected chi connectivity index (χ1v) is 20.1. The SMILES string of the molecule is CCCCCCCC/C=C\CCCCCCCCOCC(N)(CN(C)Cl)OCCCCCCCC/C=C\CCCCCCCC. The number of hydrogen-bond donors (Lipinski definition) is 1. The van der Waals surface area contributed by atoms with Gasteiger partial charge in [0.1, 0.15) is 0 Å². The van der Waals surface area contributed by atoms with Crippen LogP contribution in [0.4, 0.5) is 0 Å². The third kappa shape index (κ3) is 36.3. The van der Waals surface area contributed by atoms with Crippen molar-refractivity contribution in [1.29, 1.82) is 0 Å². The minimum atomic E-state index is -0.846. The van der Waals surface area contributed by atoms with Crippen molar-refractivity contribution in [2.75, 3.05) is 33.4 Å². The van der Waals surface area contributed by atoms with E-state index in [9.17, 15) is 0 Å². The summed E-state index contributed by atoms with van der Waals surface area (Å²) in [6, 6.07) is 0. The molecule has 0 aliphatic rings. The van der Waals surface area contributed by atoms with Crippen LogP contribution in [0.3, 0.4) is 0 Å². The van der Waals surface area contributed by atoms with Crippen LogP contribution < -0.4 is 5.73 Å². The first-order chi connectivity index (χ1) is 22.0. The smallest absolute Gasteiger partial charge is 0.154 e. The molecule has 0 bridgehead atoms. The molecule has 2 N–H and O–H groups in total. The maximum Gasteiger partial charge on any atom is 0.154 e. The highest BCUT2D eigenvalue weighted by molar-refractivity contribution is 6.13. The molecule has 1 unspecified atom stereocenters. The molecule has 0 fully saturated rings. The molecular formula is C40H79ClN2O2. The van der Waals surface area contributed by atoms with Gasteiger partial charge >= 0.3 is 0 Å². The van der Waals surface area contributed by atoms with Gasteiger partial charge in [0.2, 0.25) is 0 Å². The van der Waals surface area contributed by atoms with Crippen LogP contribution in [0.2, 0.25) is 0 Å². The number of halogens is 1. The molecule has 1 atom stereocenters. The summed E-state index contributed by atoms with van der Waals surface area (Å²) in [5.41, 5.74) is 5.71. The van der Waals surface area contributed by atoms with Crippen LogP contribution in [0.15, 0.2) is 24.3 Å². The first kappa shape index (κ1) is 44.6. The minimum Gasteiger partial charge on any atom is -0.377 e. The monoisotopic (exact) mass is 655 g/mol. The van der Waals surface area contributed by atoms with Crippen LogP contribution >= 0.6 is 11.8 Å². The molecule has 0 saturated carbocycles. The zero-order chi connectivity index (χ0) is 32.9. The second-order valence-corrected chi connectivity index (χ2v) is 14.2. The van der Waals surface area contributed by atoms with Crippen molar-refractivity contribution in [3.63, 3.8) is 0 Å². The van der Waals surface area contributed by atoms with Crippen LogP contribution in [0, 0.1) is 0 Å². The van der Waals surface area contributed by atoms with E-state index in [0.29, 0.717) is 19.8 Å². The van der Waals surface area contributed by atoms with Gasteiger partial charge in [0.15, 0.2) is 5.72 Å². The number of nitrogens with zero attached hydrogens (tertiary/aromatic N) is 1. The zero-order valence-corrected chi connectivity index (χ0v) is 31.4. The number of rotatable bonds is 37. The number of ether oxygens (including phenoxy) is 2. The Bertz CT molecular complexity index is 627. The zero-order valence-electron chi connectivity index (χ0n) is 30.7. The van der Waals surface area contributed by atoms with E-state index in [1.165, 1.54) is 167 Å². The number of likely N-dealkylation sites (N-methyl/N-ethyl adjacent to an activating group) is 1. The topological polar surface area (TPSA) is 47.7 Å². The summed E-state index contributed by atoms with van der Waals surface area (Å²) in [7, 11) is 1.82. The third-order valence-electron chi connectivity index (χ3n) is 8.68. The summed E-state index contributed by atoms with van der Waals surface area (Å²) >= 11 is 6.14. The maximum absolute atomic E-state index is 6.55. The van der Waals surface area contributed by atoms with Crippen molar-refractivity contribution in [2.24, 2.45) is 5.73 Å². The molecule has 0 aliphatic carbocycles. The van der Waals surface area contributed by atoms with Gasteiger partial charge in [-0.1, -0.05) is 154 Å². The Kier molecular flexibility index (Phi) is 36.1. The van der Waals surface area contributed by atoms with Gasteiger partial charge in [-0.25, -0.2) is 4.42 Å². The molecule has 0 rings (SSSR count). The summed E-state index contributed by atoms with van der Waals surface area (Å²) in [6.07, 6.45) is 46.2. The van der Waals surface area contributed by atoms with Crippen LogP contribution in [0.1, 0.15) is 194 Å². The minimum absolute atomic E-state index is 0.390. The normalized spacial score (nSPS) is 13.6. The Morgan fingerprint density at radius 3 is 1.22 bits per heavy atom. The van der Waals surface area contributed by atoms with Crippen molar-refractivity contribution in [1.82, 2.24) is 4.42 Å². The lowest BCUT2D eigenvalue weighted by Crippen LogP contribution is -2.53. The molecule has 0 heterocycles. The fourth-order valence-electron chi connectivity index (χ4n) is 5.82. The van der Waals surface area contributed by atoms with E-state index in [-0.39, 0.29) is 0 Å². The molecule has 4 nitrogen and oxygen atoms in total. The average Bonchev–Trinajstić information content (AvgIpc) is 3.01. The number of hydrogen-bond acceptors (Lipinski definition) is 4. The lowest BCUT2D eigenvalue weighted by molar-refractivity contribution is -0.101. The molecule has 0 aliphatic heterocycles. The Labute approximate surface area is 287 Å². The van der Waals surface area contributed by atoms with E-state index in [1.54, 1.807) is 4.42 Å². The van der Waals surface area contributed by atoms with Crippen LogP contribution in [0.5, 0.6) is 0 Å². The van der Waals surface area contributed by atoms with Crippen LogP contribution in [-0.2, 0) is 9.47 Å². The Balaban J connectivity index is 3.65. The Hall–Kier alpha value is -0.390. The summed E-state index contributed by atoms with van der Waals surface area (Å²) in [4.78, 5) is 0. The van der Waals surface area contributed by atoms with Gasteiger partial charge in [-0.2, -0.15) is 0 Å². The number of nitrogens with two attached hydrogens (primary N) is 1. The lowest BCUT2D eigenvalue weighted by atomic mass is 10.1. The van der Waals surface area contributed by atoms with Crippen molar-refractivity contribution in [2.45, 2.75) is 199 Å². The highest BCUT2D eigenvalue weighted by Gasteiger charge is 2.27. The molecule has 0 spiro atoms. The molecule has 0 aromatic heterocycles. The van der Waals surface area contributed by atoms with E-state index in [1.807, 2.05) is 7.05 Å². The molecule has 0 amide bonds. The van der Waals surface area contributed by atoms with Crippen molar-refractivity contribution in [3.8, 4) is 0 Å². The van der Waals surface area contributed by atoms with Gasteiger partial charge < -0.3 is 15.2 Å². The van der Waals surface area contributed by atoms with Gasteiger partial charge in [0, 0.05) is 20.3 Å². The second-order valence-electron chi connectivity index (χ2n) is 13.6. The summed E-state index contributed by atoms with van der Waals surface area (Å²) in [5.74, 6) is 0. The number of unbranched alkanes of at least 4 members (excludes halogenated alkanes) is 24. The molecule has 0 radical (unpaired) electrons. The van der Waals surface area contributed by atoms with Gasteiger partial charge in [-0.15, -0.1) is 0 Å². The molecule has 0 saturated heterocycles. The molecule has 268 valence electrons. The highest BCUT2D eigenvalue weighted by atomic mass is 35.5. The van der Waals surface area contributed by atoms with E-state index in [4.69, 9.17) is 27.0 Å². The fraction of sp³-hybridized carbons (Fsp3) is 0.900. The van der Waals surface area contributed by atoms with E-state index in [0.717, 1.165) is 19.4 Å². The lowest BCUT2D eigenvalue weighted by Gasteiger charge is -2.31. The van der Waals surface area contributed by atoms with Crippen molar-refractivity contribution < 1.29 is 9.47 Å². The summed E-state index contributed by atoms with van der Waals surface area (Å²) in [6.45, 7) is 6.81. The molecular weight excluding hydrogens is 576 g/mol. The average molecular weight is 656 g/mol. The maximum atomic E-state index is 6.55. The van der Waals surface area contributed by atoms with E-state index >= 15 is 0 Å². The predicted molar refractivity (Wildman–Crippen MR) is 201 cm³/mol. The van der Waals surface area contributed by atoms with E-state index in [2.05, 4.69) is 38.2 Å². The quantitative estimate of drug-likeness (QED) is 0.0313. The highest BCUT2D eigenvalue weighted by Crippen LogP contribution is 2.14. The first-order valence-electron chi connectivity index (χ1n) is 19.7. The number of allylic oxidation sites excluding steroid dienone is 4. The van der Waals surface area contributed by atoms with E-state index < -0.39 is 5.72 Å². The van der Waals surface area contributed by atoms with Crippen molar-refractivity contribution in [3.05, 3.63) is 24.3 Å². The Morgan fingerprint density at radius 1 is 0.511 bits per heavy atom. The standard InChI is InChI=1S/C40H79ClN2O2/c1-4-6-8-10-12-14-16-18-20-22-24-26-28-30-32-34-36-44-39-40(42,38-43(3)41)45-37-35-33-31-29-27-25-23-21-19-17-15-13-11-9-7-5-2/h18-21H,4-17,22-39,42H2,1-3H3/b20-18-,21-19-. The molecule has 45 heavy (non-hydrogen) atoms. The molecule has 5 heteroatoms. The third-order valence-corrected chi connectivity index (χ3v) is 8.80. The van der Waals surface area contributed by atoms with Gasteiger partial charge in [0.25, 0.3) is 0 Å². The molecule has 0 aromatic carbocycles.